The summed E-state index contributed by atoms with van der Waals surface area (Å²) in [5.74, 6) is -0.0872. The molecule has 2 nitrogen and oxygen atoms in total. The molecule has 0 saturated heterocycles. The summed E-state index contributed by atoms with van der Waals surface area (Å²) in [7, 11) is 0. The molecule has 16 heavy (non-hydrogen) atoms. The van der Waals surface area contributed by atoms with Crippen molar-refractivity contribution >= 4 is 23.2 Å². The lowest BCUT2D eigenvalue weighted by atomic mass is 9.96. The van der Waals surface area contributed by atoms with Crippen LogP contribution in [0.1, 0.15) is 11.1 Å². The maximum Gasteiger partial charge on any atom is 0.187 e. The van der Waals surface area contributed by atoms with E-state index in [-0.39, 0.29) is 5.78 Å². The predicted molar refractivity (Wildman–Crippen MR) is 61.6 cm³/mol. The van der Waals surface area contributed by atoms with E-state index >= 15 is 0 Å². The highest BCUT2D eigenvalue weighted by atomic mass is 16.1. The third-order valence-corrected chi connectivity index (χ3v) is 2.92. The zero-order chi connectivity index (χ0) is 11.1. The average molecular weight is 208 g/mol. The predicted octanol–water partition coefficient (Wildman–Crippen LogP) is 2.17. The van der Waals surface area contributed by atoms with Crippen molar-refractivity contribution in [3.05, 3.63) is 59.2 Å². The van der Waals surface area contributed by atoms with Gasteiger partial charge >= 0.3 is 0 Å². The first kappa shape index (κ1) is 9.04. The first-order valence-electron chi connectivity index (χ1n) is 5.05. The number of ketones is 1. The second-order valence-electron chi connectivity index (χ2n) is 3.76. The largest absolute Gasteiger partial charge is 0.298 e. The number of carbonyl (C=O) groups excluding carboxylic acids is 2. The summed E-state index contributed by atoms with van der Waals surface area (Å²) in [5, 5.41) is 0. The molecule has 0 heterocycles. The van der Waals surface area contributed by atoms with Gasteiger partial charge in [-0.25, -0.2) is 0 Å². The number of benzene rings is 1. The normalized spacial score (nSPS) is 17.0. The monoisotopic (exact) mass is 208 g/mol. The lowest BCUT2D eigenvalue weighted by molar-refractivity contribution is -0.111. The lowest BCUT2D eigenvalue weighted by Gasteiger charge is -2.06. The van der Waals surface area contributed by atoms with E-state index in [1.165, 1.54) is 6.08 Å². The quantitative estimate of drug-likeness (QED) is 0.663. The van der Waals surface area contributed by atoms with Crippen molar-refractivity contribution in [1.82, 2.24) is 0 Å². The van der Waals surface area contributed by atoms with Crippen LogP contribution in [-0.4, -0.2) is 12.1 Å². The van der Waals surface area contributed by atoms with Gasteiger partial charge in [-0.15, -0.1) is 0 Å². The van der Waals surface area contributed by atoms with Gasteiger partial charge in [0.1, 0.15) is 0 Å². The van der Waals surface area contributed by atoms with Crippen molar-refractivity contribution < 1.29 is 9.59 Å². The Balaban J connectivity index is 2.38. The smallest absolute Gasteiger partial charge is 0.187 e. The van der Waals surface area contributed by atoms with Crippen LogP contribution in [0, 0.1) is 0 Å². The van der Waals surface area contributed by atoms with Gasteiger partial charge in [0, 0.05) is 11.1 Å². The molecule has 0 amide bonds. The minimum atomic E-state index is -0.0872. The number of aldehydes is 1. The maximum atomic E-state index is 11.8. The summed E-state index contributed by atoms with van der Waals surface area (Å²) in [4.78, 5) is 22.9. The van der Waals surface area contributed by atoms with Crippen molar-refractivity contribution in [2.24, 2.45) is 0 Å². The number of fused-ring (bicyclic) bond motifs is 3. The third-order valence-electron chi connectivity index (χ3n) is 2.92. The molecule has 2 aliphatic carbocycles. The van der Waals surface area contributed by atoms with Gasteiger partial charge in [0.15, 0.2) is 12.1 Å². The van der Waals surface area contributed by atoms with Crippen LogP contribution in [0.15, 0.2) is 48.1 Å². The van der Waals surface area contributed by atoms with Crippen molar-refractivity contribution in [3.8, 4) is 0 Å². The molecule has 0 bridgehead atoms. The van der Waals surface area contributed by atoms with Gasteiger partial charge < -0.3 is 0 Å². The Kier molecular flexibility index (Phi) is 1.77. The Morgan fingerprint density at radius 3 is 2.56 bits per heavy atom. The van der Waals surface area contributed by atoms with Gasteiger partial charge in [-0.1, -0.05) is 36.4 Å². The average Bonchev–Trinajstić information content (AvgIpc) is 2.65. The molecule has 0 radical (unpaired) electrons. The van der Waals surface area contributed by atoms with Crippen LogP contribution in [-0.2, 0) is 9.59 Å². The molecule has 76 valence electrons. The molecule has 0 N–H and O–H groups in total. The first-order valence-corrected chi connectivity index (χ1v) is 5.05. The first-order chi connectivity index (χ1) is 7.83. The zero-order valence-corrected chi connectivity index (χ0v) is 8.44. The second kappa shape index (κ2) is 3.14. The number of rotatable bonds is 1. The Morgan fingerprint density at radius 1 is 1.06 bits per heavy atom. The summed E-state index contributed by atoms with van der Waals surface area (Å²) in [6.07, 6.45) is 5.87. The van der Waals surface area contributed by atoms with E-state index in [4.69, 9.17) is 0 Å². The van der Waals surface area contributed by atoms with Crippen LogP contribution >= 0.6 is 0 Å². The Morgan fingerprint density at radius 2 is 1.81 bits per heavy atom. The van der Waals surface area contributed by atoms with Crippen molar-refractivity contribution in [2.45, 2.75) is 0 Å². The molecule has 1 aromatic carbocycles. The third kappa shape index (κ3) is 1.01. The van der Waals surface area contributed by atoms with Gasteiger partial charge in [0.05, 0.1) is 0 Å². The lowest BCUT2D eigenvalue weighted by Crippen LogP contribution is -2.02. The van der Waals surface area contributed by atoms with Crippen LogP contribution in [0.2, 0.25) is 0 Å². The van der Waals surface area contributed by atoms with Crippen LogP contribution in [0.4, 0.5) is 0 Å². The number of hydrogen-bond acceptors (Lipinski definition) is 2. The summed E-state index contributed by atoms with van der Waals surface area (Å²) in [6, 6.07) is 7.59. The Hall–Kier alpha value is -2.22. The van der Waals surface area contributed by atoms with E-state index in [0.717, 1.165) is 23.0 Å². The van der Waals surface area contributed by atoms with E-state index < -0.39 is 0 Å². The summed E-state index contributed by atoms with van der Waals surface area (Å²) < 4.78 is 0. The Labute approximate surface area is 92.6 Å². The SMILES string of the molecule is O=CC1=C2C(=O)C=CC=C2c2ccccc21. The van der Waals surface area contributed by atoms with Crippen molar-refractivity contribution in [1.29, 1.82) is 0 Å². The minimum absolute atomic E-state index is 0.0872. The molecule has 0 spiro atoms. The fraction of sp³-hybridized carbons (Fsp3) is 0. The molecule has 0 fully saturated rings. The molecule has 1 aromatic rings. The van der Waals surface area contributed by atoms with E-state index in [2.05, 4.69) is 0 Å². The maximum absolute atomic E-state index is 11.8. The van der Waals surface area contributed by atoms with Gasteiger partial charge in [-0.2, -0.15) is 0 Å². The number of carbonyl (C=O) groups is 2. The highest BCUT2D eigenvalue weighted by Gasteiger charge is 2.29. The molecule has 3 rings (SSSR count). The molecule has 0 aliphatic heterocycles. The fourth-order valence-corrected chi connectivity index (χ4v) is 2.24. The van der Waals surface area contributed by atoms with Gasteiger partial charge in [0.25, 0.3) is 0 Å². The zero-order valence-electron chi connectivity index (χ0n) is 8.44. The molecule has 2 heteroatoms. The second-order valence-corrected chi connectivity index (χ2v) is 3.76. The van der Waals surface area contributed by atoms with Crippen LogP contribution in [0.25, 0.3) is 11.1 Å². The van der Waals surface area contributed by atoms with Gasteiger partial charge in [0.2, 0.25) is 0 Å². The van der Waals surface area contributed by atoms with E-state index in [9.17, 15) is 9.59 Å². The number of allylic oxidation sites excluding steroid dienone is 6. The van der Waals surface area contributed by atoms with Gasteiger partial charge in [-0.3, -0.25) is 9.59 Å². The highest BCUT2D eigenvalue weighted by molar-refractivity contribution is 6.33. The number of hydrogen-bond donors (Lipinski definition) is 0. The van der Waals surface area contributed by atoms with Crippen LogP contribution < -0.4 is 0 Å². The van der Waals surface area contributed by atoms with E-state index in [0.29, 0.717) is 11.1 Å². The van der Waals surface area contributed by atoms with Gasteiger partial charge in [-0.05, 0) is 22.8 Å². The van der Waals surface area contributed by atoms with Crippen LogP contribution in [0.5, 0.6) is 0 Å². The summed E-state index contributed by atoms with van der Waals surface area (Å²) in [6.45, 7) is 0. The molecule has 0 atom stereocenters. The molecule has 2 aliphatic rings. The molecule has 0 unspecified atom stereocenters. The van der Waals surface area contributed by atoms with E-state index in [1.54, 1.807) is 6.08 Å². The van der Waals surface area contributed by atoms with Crippen LogP contribution in [0.3, 0.4) is 0 Å². The fourth-order valence-electron chi connectivity index (χ4n) is 2.24. The molecule has 0 saturated carbocycles. The van der Waals surface area contributed by atoms with Crippen molar-refractivity contribution in [2.75, 3.05) is 0 Å². The minimum Gasteiger partial charge on any atom is -0.298 e. The topological polar surface area (TPSA) is 34.1 Å². The standard InChI is InChI=1S/C14H8O2/c15-8-12-10-5-2-1-4-9(10)11-6-3-7-13(16)14(11)12/h1-8H. The molecular formula is C14H8O2. The highest BCUT2D eigenvalue weighted by Crippen LogP contribution is 2.41. The molecule has 0 aromatic heterocycles. The summed E-state index contributed by atoms with van der Waals surface area (Å²) in [5.41, 5.74) is 3.74. The van der Waals surface area contributed by atoms with E-state index in [1.807, 2.05) is 30.3 Å². The Bertz CT molecular complexity index is 601. The molecular weight excluding hydrogens is 200 g/mol. The van der Waals surface area contributed by atoms with Crippen molar-refractivity contribution in [3.63, 3.8) is 0 Å². The summed E-state index contributed by atoms with van der Waals surface area (Å²) >= 11 is 0.